The molecular formula is C28H30N6O4. The Hall–Kier alpha value is -3.81. The van der Waals surface area contributed by atoms with Crippen molar-refractivity contribution in [2.24, 2.45) is 0 Å². The maximum Gasteiger partial charge on any atom is 0.263 e. The molecule has 0 radical (unpaired) electrons. The van der Waals surface area contributed by atoms with Gasteiger partial charge in [0.25, 0.3) is 5.91 Å². The standard InChI is InChI=1S/C28H30N6O4/c1-36-24-6-4-21-25(34-24)20(18(13-29)14-30-21)7-10-28-9-2-8-27(11-12-28,17-38-28)31-15-19-3-5-22-26(32-19)33-23(35)16-37-22/h3-6,14,31H,2,7-12,15-17H2,1H3,(H,32,33,35). The third-order valence-electron chi connectivity index (χ3n) is 8.13. The Morgan fingerprint density at radius 1 is 1.18 bits per heavy atom. The lowest BCUT2D eigenvalue weighted by Crippen LogP contribution is -2.53. The highest BCUT2D eigenvalue weighted by Gasteiger charge is 2.46. The summed E-state index contributed by atoms with van der Waals surface area (Å²) in [6.45, 7) is 1.24. The fourth-order valence-electron chi connectivity index (χ4n) is 5.89. The van der Waals surface area contributed by atoms with Gasteiger partial charge in [-0.25, -0.2) is 9.97 Å². The highest BCUT2D eigenvalue weighted by atomic mass is 16.5. The Morgan fingerprint density at radius 3 is 2.92 bits per heavy atom. The summed E-state index contributed by atoms with van der Waals surface area (Å²) in [4.78, 5) is 25.3. The highest BCUT2D eigenvalue weighted by molar-refractivity contribution is 5.94. The number of anilines is 1. The molecule has 1 aliphatic carbocycles. The van der Waals surface area contributed by atoms with E-state index in [1.54, 1.807) is 19.4 Å². The summed E-state index contributed by atoms with van der Waals surface area (Å²) in [5.74, 6) is 1.40. The van der Waals surface area contributed by atoms with Crippen LogP contribution in [-0.2, 0) is 22.5 Å². The van der Waals surface area contributed by atoms with Crippen molar-refractivity contribution >= 4 is 22.8 Å². The van der Waals surface area contributed by atoms with Gasteiger partial charge in [0.15, 0.2) is 18.2 Å². The van der Waals surface area contributed by atoms with Crippen LogP contribution in [0.3, 0.4) is 0 Å². The van der Waals surface area contributed by atoms with Crippen LogP contribution in [0.4, 0.5) is 5.82 Å². The minimum atomic E-state index is -0.214. The molecule has 3 aromatic heterocycles. The van der Waals surface area contributed by atoms with Crippen molar-refractivity contribution in [1.82, 2.24) is 20.3 Å². The molecule has 10 heteroatoms. The summed E-state index contributed by atoms with van der Waals surface area (Å²) in [7, 11) is 1.59. The van der Waals surface area contributed by atoms with Crippen LogP contribution in [-0.4, -0.2) is 52.3 Å². The molecule has 3 aromatic rings. The topological polar surface area (TPSA) is 131 Å². The number of methoxy groups -OCH3 is 1. The smallest absolute Gasteiger partial charge is 0.263 e. The van der Waals surface area contributed by atoms with Crippen LogP contribution in [0.25, 0.3) is 11.0 Å². The van der Waals surface area contributed by atoms with Crippen LogP contribution in [0.5, 0.6) is 11.6 Å². The summed E-state index contributed by atoms with van der Waals surface area (Å²) in [6.07, 6.45) is 8.17. The van der Waals surface area contributed by atoms with E-state index in [9.17, 15) is 10.1 Å². The Balaban J connectivity index is 1.14. The van der Waals surface area contributed by atoms with Gasteiger partial charge in [-0.3, -0.25) is 9.78 Å². The van der Waals surface area contributed by atoms with E-state index >= 15 is 0 Å². The molecule has 3 fully saturated rings. The van der Waals surface area contributed by atoms with Gasteiger partial charge in [-0.05, 0) is 68.7 Å². The molecule has 1 amide bonds. The number of hydrogen-bond donors (Lipinski definition) is 2. The quantitative estimate of drug-likeness (QED) is 0.487. The molecule has 196 valence electrons. The number of ether oxygens (including phenoxy) is 3. The van der Waals surface area contributed by atoms with Crippen molar-refractivity contribution in [1.29, 1.82) is 5.26 Å². The van der Waals surface area contributed by atoms with Gasteiger partial charge in [-0.15, -0.1) is 0 Å². The number of carbonyl (C=O) groups is 1. The van der Waals surface area contributed by atoms with Crippen LogP contribution in [0, 0.1) is 11.3 Å². The minimum absolute atomic E-state index is 0.0222. The fourth-order valence-corrected chi connectivity index (χ4v) is 5.89. The average Bonchev–Trinajstić information content (AvgIpc) is 3.25. The number of amides is 1. The van der Waals surface area contributed by atoms with Gasteiger partial charge < -0.3 is 24.8 Å². The third kappa shape index (κ3) is 4.64. The van der Waals surface area contributed by atoms with Gasteiger partial charge in [0.1, 0.15) is 6.07 Å². The first kappa shape index (κ1) is 24.5. The lowest BCUT2D eigenvalue weighted by Gasteiger charge is -2.43. The van der Waals surface area contributed by atoms with E-state index in [-0.39, 0.29) is 23.7 Å². The molecule has 2 N–H and O–H groups in total. The first-order chi connectivity index (χ1) is 18.5. The van der Waals surface area contributed by atoms with Crippen molar-refractivity contribution in [3.05, 3.63) is 47.3 Å². The van der Waals surface area contributed by atoms with Crippen LogP contribution in [0.2, 0.25) is 0 Å². The zero-order valence-corrected chi connectivity index (χ0v) is 21.4. The van der Waals surface area contributed by atoms with Gasteiger partial charge in [-0.2, -0.15) is 5.26 Å². The molecule has 0 aromatic carbocycles. The monoisotopic (exact) mass is 514 g/mol. The molecule has 6 heterocycles. The van der Waals surface area contributed by atoms with E-state index in [0.717, 1.165) is 60.8 Å². The number of rotatable bonds is 7. The zero-order valence-electron chi connectivity index (χ0n) is 21.4. The van der Waals surface area contributed by atoms with Crippen molar-refractivity contribution < 1.29 is 19.0 Å². The van der Waals surface area contributed by atoms with Gasteiger partial charge in [-0.1, -0.05) is 0 Å². The second-order valence-electron chi connectivity index (χ2n) is 10.4. The summed E-state index contributed by atoms with van der Waals surface area (Å²) in [5.41, 5.74) is 3.47. The van der Waals surface area contributed by atoms with Crippen LogP contribution >= 0.6 is 0 Å². The summed E-state index contributed by atoms with van der Waals surface area (Å²) in [5, 5.41) is 16.3. The largest absolute Gasteiger partial charge is 0.481 e. The summed E-state index contributed by atoms with van der Waals surface area (Å²) < 4.78 is 17.4. The summed E-state index contributed by atoms with van der Waals surface area (Å²) >= 11 is 0. The lowest BCUT2D eigenvalue weighted by molar-refractivity contribution is -0.118. The number of aromatic nitrogens is 3. The van der Waals surface area contributed by atoms with E-state index in [4.69, 9.17) is 14.2 Å². The number of nitrogens with one attached hydrogen (secondary N) is 2. The Labute approximate surface area is 220 Å². The van der Waals surface area contributed by atoms with Crippen LogP contribution in [0.1, 0.15) is 55.3 Å². The number of pyridine rings is 3. The lowest BCUT2D eigenvalue weighted by atomic mass is 9.82. The number of hydrogen-bond acceptors (Lipinski definition) is 9. The van der Waals surface area contributed by atoms with E-state index in [0.29, 0.717) is 42.6 Å². The first-order valence-electron chi connectivity index (χ1n) is 13.0. The molecule has 2 atom stereocenters. The Morgan fingerprint density at radius 2 is 2.11 bits per heavy atom. The number of nitrogens with zero attached hydrogens (tertiary/aromatic N) is 4. The molecule has 38 heavy (non-hydrogen) atoms. The SMILES string of the molecule is COc1ccc2ncc(C#N)c(CCC34CCCC(NCc5ccc6c(n5)NC(=O)CO6)(CC3)CO4)c2n1. The molecule has 4 aliphatic rings. The number of fused-ring (bicyclic) bond motifs is 6. The van der Waals surface area contributed by atoms with Gasteiger partial charge in [0, 0.05) is 24.3 Å². The van der Waals surface area contributed by atoms with E-state index < -0.39 is 0 Å². The Bertz CT molecular complexity index is 1430. The normalized spacial score (nSPS) is 24.2. The second-order valence-corrected chi connectivity index (χ2v) is 10.4. The first-order valence-corrected chi connectivity index (χ1v) is 13.0. The van der Waals surface area contributed by atoms with E-state index in [1.807, 2.05) is 18.2 Å². The maximum atomic E-state index is 11.6. The number of aryl methyl sites for hydroxylation is 1. The fraction of sp³-hybridized carbons (Fsp3) is 0.464. The molecule has 7 rings (SSSR count). The van der Waals surface area contributed by atoms with Gasteiger partial charge in [0.2, 0.25) is 5.88 Å². The molecule has 10 nitrogen and oxygen atoms in total. The number of carbonyl (C=O) groups excluding carboxylic acids is 1. The predicted octanol–water partition coefficient (Wildman–Crippen LogP) is 3.43. The molecule has 0 spiro atoms. The minimum Gasteiger partial charge on any atom is -0.481 e. The van der Waals surface area contributed by atoms with Crippen molar-refractivity contribution in [2.75, 3.05) is 25.6 Å². The Kier molecular flexibility index (Phi) is 6.33. The van der Waals surface area contributed by atoms with Crippen molar-refractivity contribution in [2.45, 2.75) is 62.6 Å². The molecule has 3 aliphatic heterocycles. The van der Waals surface area contributed by atoms with E-state index in [1.165, 1.54) is 0 Å². The predicted molar refractivity (Wildman–Crippen MR) is 139 cm³/mol. The molecule has 1 saturated carbocycles. The second kappa shape index (κ2) is 9.82. The molecular weight excluding hydrogens is 484 g/mol. The number of nitriles is 1. The highest BCUT2D eigenvalue weighted by Crippen LogP contribution is 2.44. The van der Waals surface area contributed by atoms with Crippen LogP contribution in [0.15, 0.2) is 30.5 Å². The maximum absolute atomic E-state index is 11.6. The van der Waals surface area contributed by atoms with Crippen LogP contribution < -0.4 is 20.1 Å². The average molecular weight is 515 g/mol. The van der Waals surface area contributed by atoms with Crippen molar-refractivity contribution in [3.63, 3.8) is 0 Å². The third-order valence-corrected chi connectivity index (χ3v) is 8.13. The van der Waals surface area contributed by atoms with Crippen molar-refractivity contribution in [3.8, 4) is 17.7 Å². The zero-order chi connectivity index (χ0) is 26.2. The summed E-state index contributed by atoms with van der Waals surface area (Å²) in [6, 6.07) is 9.75. The van der Waals surface area contributed by atoms with E-state index in [2.05, 4.69) is 31.7 Å². The molecule has 2 unspecified atom stereocenters. The van der Waals surface area contributed by atoms with Gasteiger partial charge in [0.05, 0.1) is 41.6 Å². The molecule has 2 bridgehead atoms. The molecule has 2 saturated heterocycles. The van der Waals surface area contributed by atoms with Gasteiger partial charge >= 0.3 is 0 Å².